The molecule has 22 heavy (non-hydrogen) atoms. The van der Waals surface area contributed by atoms with Crippen LogP contribution in [0.2, 0.25) is 0 Å². The zero-order valence-electron chi connectivity index (χ0n) is 13.1. The molecule has 1 N–H and O–H groups in total. The Morgan fingerprint density at radius 1 is 1.32 bits per heavy atom. The summed E-state index contributed by atoms with van der Waals surface area (Å²) < 4.78 is 5.94. The van der Waals surface area contributed by atoms with Crippen molar-refractivity contribution in [2.75, 3.05) is 33.4 Å². The summed E-state index contributed by atoms with van der Waals surface area (Å²) in [6.07, 6.45) is 1.13. The third-order valence-corrected chi connectivity index (χ3v) is 3.67. The third kappa shape index (κ3) is 7.56. The molecule has 122 valence electrons. The Balaban J connectivity index is 2.31. The Kier molecular flexibility index (Phi) is 8.77. The van der Waals surface area contributed by atoms with E-state index in [2.05, 4.69) is 21.2 Å². The summed E-state index contributed by atoms with van der Waals surface area (Å²) in [7, 11) is 1.64. The molecular formula is C16H23BrN2O3. The molecule has 5 nitrogen and oxygen atoms in total. The van der Waals surface area contributed by atoms with Gasteiger partial charge in [-0.05, 0) is 24.1 Å². The highest BCUT2D eigenvalue weighted by molar-refractivity contribution is 9.10. The predicted molar refractivity (Wildman–Crippen MR) is 89.6 cm³/mol. The molecule has 0 aliphatic rings. The molecule has 0 saturated heterocycles. The van der Waals surface area contributed by atoms with Crippen LogP contribution in [0.3, 0.4) is 0 Å². The second-order valence-corrected chi connectivity index (χ2v) is 5.92. The van der Waals surface area contributed by atoms with E-state index in [1.807, 2.05) is 24.3 Å². The molecule has 0 fully saturated rings. The molecule has 0 atom stereocenters. The molecular weight excluding hydrogens is 348 g/mol. The first-order valence-corrected chi connectivity index (χ1v) is 8.08. The second-order valence-electron chi connectivity index (χ2n) is 5.01. The average Bonchev–Trinajstić information content (AvgIpc) is 2.45. The van der Waals surface area contributed by atoms with Gasteiger partial charge < -0.3 is 15.0 Å². The highest BCUT2D eigenvalue weighted by atomic mass is 79.9. The molecule has 0 heterocycles. The number of carbonyl (C=O) groups is 2. The van der Waals surface area contributed by atoms with Crippen molar-refractivity contribution in [1.29, 1.82) is 0 Å². The van der Waals surface area contributed by atoms with Gasteiger partial charge in [-0.1, -0.05) is 28.1 Å². The van der Waals surface area contributed by atoms with Crippen LogP contribution in [0, 0.1) is 0 Å². The lowest BCUT2D eigenvalue weighted by atomic mass is 10.1. The fraction of sp³-hybridized carbons (Fsp3) is 0.500. The van der Waals surface area contributed by atoms with E-state index < -0.39 is 0 Å². The maximum Gasteiger partial charge on any atom is 0.224 e. The summed E-state index contributed by atoms with van der Waals surface area (Å²) in [5.41, 5.74) is 0.954. The molecule has 0 aliphatic heterocycles. The van der Waals surface area contributed by atoms with Crippen LogP contribution in [0.25, 0.3) is 0 Å². The minimum atomic E-state index is -0.0431. The van der Waals surface area contributed by atoms with Crippen molar-refractivity contribution in [2.45, 2.75) is 19.8 Å². The van der Waals surface area contributed by atoms with Crippen molar-refractivity contribution >= 4 is 27.7 Å². The number of hydrogen-bond donors (Lipinski definition) is 1. The van der Waals surface area contributed by atoms with Gasteiger partial charge in [-0.2, -0.15) is 0 Å². The summed E-state index contributed by atoms with van der Waals surface area (Å²) in [5, 5.41) is 2.85. The maximum atomic E-state index is 11.9. The lowest BCUT2D eigenvalue weighted by Gasteiger charge is -2.21. The van der Waals surface area contributed by atoms with E-state index in [1.165, 1.54) is 6.92 Å². The monoisotopic (exact) mass is 370 g/mol. The van der Waals surface area contributed by atoms with Gasteiger partial charge in [0.15, 0.2) is 0 Å². The Morgan fingerprint density at radius 2 is 2.09 bits per heavy atom. The second kappa shape index (κ2) is 10.3. The number of rotatable bonds is 9. The van der Waals surface area contributed by atoms with Crippen LogP contribution in [-0.4, -0.2) is 50.1 Å². The fourth-order valence-corrected chi connectivity index (χ4v) is 2.50. The number of nitrogens with one attached hydrogen (secondary N) is 1. The fourth-order valence-electron chi connectivity index (χ4n) is 2.05. The lowest BCUT2D eigenvalue weighted by molar-refractivity contribution is -0.129. The van der Waals surface area contributed by atoms with Crippen LogP contribution < -0.4 is 5.32 Å². The normalized spacial score (nSPS) is 10.3. The summed E-state index contributed by atoms with van der Waals surface area (Å²) in [6, 6.07) is 7.66. The van der Waals surface area contributed by atoms with Gasteiger partial charge in [-0.3, -0.25) is 9.59 Å². The SMILES string of the molecule is COCCCN(CCNC(=O)Cc1cccc(Br)c1)C(C)=O. The Hall–Kier alpha value is -1.40. The molecule has 0 spiro atoms. The Labute approximate surface area is 140 Å². The zero-order chi connectivity index (χ0) is 16.4. The first-order chi connectivity index (χ1) is 10.5. The van der Waals surface area contributed by atoms with Crippen LogP contribution in [-0.2, 0) is 20.7 Å². The maximum absolute atomic E-state index is 11.9. The average molecular weight is 371 g/mol. The van der Waals surface area contributed by atoms with Crippen molar-refractivity contribution in [1.82, 2.24) is 10.2 Å². The molecule has 2 amide bonds. The third-order valence-electron chi connectivity index (χ3n) is 3.18. The van der Waals surface area contributed by atoms with E-state index >= 15 is 0 Å². The number of benzene rings is 1. The van der Waals surface area contributed by atoms with Gasteiger partial charge in [-0.15, -0.1) is 0 Å². The van der Waals surface area contributed by atoms with Crippen LogP contribution in [0.1, 0.15) is 18.9 Å². The van der Waals surface area contributed by atoms with Gasteiger partial charge in [0.05, 0.1) is 6.42 Å². The smallest absolute Gasteiger partial charge is 0.224 e. The Morgan fingerprint density at radius 3 is 2.73 bits per heavy atom. The predicted octanol–water partition coefficient (Wildman–Crippen LogP) is 1.99. The molecule has 0 saturated carbocycles. The molecule has 0 unspecified atom stereocenters. The van der Waals surface area contributed by atoms with Crippen LogP contribution in [0.5, 0.6) is 0 Å². The molecule has 6 heteroatoms. The van der Waals surface area contributed by atoms with E-state index in [4.69, 9.17) is 4.74 Å². The van der Waals surface area contributed by atoms with Gasteiger partial charge in [0.2, 0.25) is 11.8 Å². The van der Waals surface area contributed by atoms with Crippen molar-refractivity contribution in [3.05, 3.63) is 34.3 Å². The molecule has 1 aromatic carbocycles. The summed E-state index contributed by atoms with van der Waals surface area (Å²) in [6.45, 7) is 3.78. The molecule has 1 aromatic rings. The summed E-state index contributed by atoms with van der Waals surface area (Å²) >= 11 is 3.38. The molecule has 0 aliphatic carbocycles. The topological polar surface area (TPSA) is 58.6 Å². The molecule has 1 rings (SSSR count). The zero-order valence-corrected chi connectivity index (χ0v) is 14.7. The Bertz CT molecular complexity index is 494. The number of methoxy groups -OCH3 is 1. The van der Waals surface area contributed by atoms with Gasteiger partial charge in [0.25, 0.3) is 0 Å². The quantitative estimate of drug-likeness (QED) is 0.676. The molecule has 0 bridgehead atoms. The number of halogens is 1. The van der Waals surface area contributed by atoms with Crippen LogP contribution >= 0.6 is 15.9 Å². The van der Waals surface area contributed by atoms with E-state index in [-0.39, 0.29) is 11.8 Å². The van der Waals surface area contributed by atoms with Crippen molar-refractivity contribution in [3.8, 4) is 0 Å². The molecule has 0 aromatic heterocycles. The number of nitrogens with zero attached hydrogens (tertiary/aromatic N) is 1. The first kappa shape index (κ1) is 18.6. The number of hydrogen-bond acceptors (Lipinski definition) is 3. The van der Waals surface area contributed by atoms with E-state index in [0.717, 1.165) is 16.5 Å². The van der Waals surface area contributed by atoms with Crippen molar-refractivity contribution < 1.29 is 14.3 Å². The standard InChI is InChI=1S/C16H23BrN2O3/c1-13(20)19(8-4-10-22-2)9-7-18-16(21)12-14-5-3-6-15(17)11-14/h3,5-6,11H,4,7-10,12H2,1-2H3,(H,18,21). The minimum Gasteiger partial charge on any atom is -0.385 e. The largest absolute Gasteiger partial charge is 0.385 e. The summed E-state index contributed by atoms with van der Waals surface area (Å²) in [5.74, 6) is -0.0316. The van der Waals surface area contributed by atoms with Gasteiger partial charge in [0, 0.05) is 44.7 Å². The first-order valence-electron chi connectivity index (χ1n) is 7.28. The van der Waals surface area contributed by atoms with E-state index in [0.29, 0.717) is 32.7 Å². The van der Waals surface area contributed by atoms with E-state index in [9.17, 15) is 9.59 Å². The van der Waals surface area contributed by atoms with Gasteiger partial charge in [-0.25, -0.2) is 0 Å². The van der Waals surface area contributed by atoms with Gasteiger partial charge >= 0.3 is 0 Å². The van der Waals surface area contributed by atoms with Crippen LogP contribution in [0.15, 0.2) is 28.7 Å². The van der Waals surface area contributed by atoms with Crippen molar-refractivity contribution in [3.63, 3.8) is 0 Å². The number of carbonyl (C=O) groups excluding carboxylic acids is 2. The molecule has 0 radical (unpaired) electrons. The van der Waals surface area contributed by atoms with E-state index in [1.54, 1.807) is 12.0 Å². The number of amides is 2. The lowest BCUT2D eigenvalue weighted by Crippen LogP contribution is -2.38. The van der Waals surface area contributed by atoms with Crippen molar-refractivity contribution in [2.24, 2.45) is 0 Å². The minimum absolute atomic E-state index is 0.0114. The highest BCUT2D eigenvalue weighted by Crippen LogP contribution is 2.11. The summed E-state index contributed by atoms with van der Waals surface area (Å²) in [4.78, 5) is 25.1. The number of ether oxygens (including phenoxy) is 1. The highest BCUT2D eigenvalue weighted by Gasteiger charge is 2.09. The van der Waals surface area contributed by atoms with Crippen LogP contribution in [0.4, 0.5) is 0 Å². The van der Waals surface area contributed by atoms with Gasteiger partial charge in [0.1, 0.15) is 0 Å².